The Kier molecular flexibility index (Phi) is 2.97. The Balaban J connectivity index is 2.22. The van der Waals surface area contributed by atoms with E-state index in [4.69, 9.17) is 17.3 Å². The van der Waals surface area contributed by atoms with Gasteiger partial charge in [-0.2, -0.15) is 5.10 Å². The van der Waals surface area contributed by atoms with Crippen LogP contribution in [0.4, 0.5) is 11.4 Å². The fraction of sp³-hybridized carbons (Fsp3) is 0.100. The first-order valence-corrected chi connectivity index (χ1v) is 5.18. The number of aromatic nitrogens is 3. The molecule has 2 heterocycles. The molecule has 0 unspecified atom stereocenters. The van der Waals surface area contributed by atoms with Crippen molar-refractivity contribution in [2.24, 2.45) is 0 Å². The molecular weight excluding hydrogens is 242 g/mol. The van der Waals surface area contributed by atoms with Crippen LogP contribution < -0.4 is 11.1 Å². The van der Waals surface area contributed by atoms with Gasteiger partial charge in [-0.05, 0) is 18.6 Å². The van der Waals surface area contributed by atoms with Crippen molar-refractivity contribution < 1.29 is 4.79 Å². The zero-order valence-corrected chi connectivity index (χ0v) is 9.75. The van der Waals surface area contributed by atoms with Crippen molar-refractivity contribution in [2.45, 2.75) is 6.92 Å². The van der Waals surface area contributed by atoms with E-state index in [1.807, 2.05) is 6.92 Å². The predicted molar refractivity (Wildman–Crippen MR) is 64.9 cm³/mol. The molecule has 4 N–H and O–H groups in total. The maximum Gasteiger partial charge on any atom is 0.275 e. The maximum atomic E-state index is 11.8. The number of carbonyl (C=O) groups excluding carboxylic acids is 1. The number of aryl methyl sites for hydroxylation is 1. The van der Waals surface area contributed by atoms with Gasteiger partial charge in [-0.15, -0.1) is 0 Å². The SMILES string of the molecule is Cc1cc(Cl)ncc1NC(=O)c1[nH]ncc1N. The topological polar surface area (TPSA) is 96.7 Å². The maximum absolute atomic E-state index is 11.8. The van der Waals surface area contributed by atoms with Crippen molar-refractivity contribution >= 4 is 28.9 Å². The molecule has 0 aliphatic rings. The van der Waals surface area contributed by atoms with Gasteiger partial charge in [0.05, 0.1) is 23.8 Å². The normalized spacial score (nSPS) is 10.2. The highest BCUT2D eigenvalue weighted by atomic mass is 35.5. The number of pyridine rings is 1. The highest BCUT2D eigenvalue weighted by Gasteiger charge is 2.13. The Hall–Kier alpha value is -2.08. The summed E-state index contributed by atoms with van der Waals surface area (Å²) in [6.45, 7) is 1.82. The van der Waals surface area contributed by atoms with E-state index in [-0.39, 0.29) is 11.6 Å². The number of hydrogen-bond acceptors (Lipinski definition) is 4. The smallest absolute Gasteiger partial charge is 0.275 e. The highest BCUT2D eigenvalue weighted by molar-refractivity contribution is 6.29. The molecule has 2 aromatic heterocycles. The molecule has 0 aromatic carbocycles. The van der Waals surface area contributed by atoms with E-state index in [2.05, 4.69) is 20.5 Å². The van der Waals surface area contributed by atoms with Crippen LogP contribution in [-0.4, -0.2) is 21.1 Å². The standard InChI is InChI=1S/C10H10ClN5O/c1-5-2-8(11)13-4-7(5)15-10(17)9-6(12)3-14-16-9/h2-4H,12H2,1H3,(H,14,16)(H,15,17). The second-order valence-corrected chi connectivity index (χ2v) is 3.86. The number of nitrogens with two attached hydrogens (primary N) is 1. The molecule has 17 heavy (non-hydrogen) atoms. The average molecular weight is 252 g/mol. The molecule has 0 aliphatic carbocycles. The van der Waals surface area contributed by atoms with E-state index in [9.17, 15) is 4.79 Å². The van der Waals surface area contributed by atoms with Crippen LogP contribution in [0.25, 0.3) is 0 Å². The monoisotopic (exact) mass is 251 g/mol. The third kappa shape index (κ3) is 2.36. The van der Waals surface area contributed by atoms with E-state index in [1.165, 1.54) is 12.4 Å². The zero-order valence-electron chi connectivity index (χ0n) is 8.99. The molecule has 0 atom stereocenters. The number of nitrogen functional groups attached to an aromatic ring is 1. The minimum absolute atomic E-state index is 0.222. The lowest BCUT2D eigenvalue weighted by Crippen LogP contribution is -2.15. The average Bonchev–Trinajstić information content (AvgIpc) is 2.68. The summed E-state index contributed by atoms with van der Waals surface area (Å²) < 4.78 is 0. The first-order valence-electron chi connectivity index (χ1n) is 4.80. The van der Waals surface area contributed by atoms with Crippen LogP contribution in [0.2, 0.25) is 5.15 Å². The minimum atomic E-state index is -0.368. The minimum Gasteiger partial charge on any atom is -0.396 e. The molecule has 0 spiro atoms. The number of nitrogens with zero attached hydrogens (tertiary/aromatic N) is 2. The molecule has 0 bridgehead atoms. The quantitative estimate of drug-likeness (QED) is 0.706. The molecule has 88 valence electrons. The summed E-state index contributed by atoms with van der Waals surface area (Å²) in [5, 5.41) is 9.24. The Bertz CT molecular complexity index is 566. The Morgan fingerprint density at radius 1 is 1.53 bits per heavy atom. The predicted octanol–water partition coefficient (Wildman–Crippen LogP) is 1.60. The van der Waals surface area contributed by atoms with Crippen LogP contribution in [0.5, 0.6) is 0 Å². The second kappa shape index (κ2) is 4.42. The third-order valence-corrected chi connectivity index (χ3v) is 2.43. The number of halogens is 1. The van der Waals surface area contributed by atoms with Gasteiger partial charge in [0, 0.05) is 0 Å². The van der Waals surface area contributed by atoms with Gasteiger partial charge in [-0.25, -0.2) is 4.98 Å². The molecule has 0 radical (unpaired) electrons. The lowest BCUT2D eigenvalue weighted by Gasteiger charge is -2.07. The van der Waals surface area contributed by atoms with Crippen molar-refractivity contribution in [3.05, 3.63) is 34.9 Å². The van der Waals surface area contributed by atoms with Gasteiger partial charge in [0.15, 0.2) is 0 Å². The van der Waals surface area contributed by atoms with Gasteiger partial charge in [-0.1, -0.05) is 11.6 Å². The van der Waals surface area contributed by atoms with Crippen LogP contribution in [0.3, 0.4) is 0 Å². The molecule has 0 saturated heterocycles. The number of aromatic amines is 1. The van der Waals surface area contributed by atoms with Gasteiger partial charge in [-0.3, -0.25) is 9.89 Å². The van der Waals surface area contributed by atoms with Crippen LogP contribution in [0, 0.1) is 6.92 Å². The van der Waals surface area contributed by atoms with Crippen molar-refractivity contribution in [3.63, 3.8) is 0 Å². The van der Waals surface area contributed by atoms with Crippen molar-refractivity contribution in [1.29, 1.82) is 0 Å². The van der Waals surface area contributed by atoms with Gasteiger partial charge >= 0.3 is 0 Å². The summed E-state index contributed by atoms with van der Waals surface area (Å²) in [5.74, 6) is -0.368. The summed E-state index contributed by atoms with van der Waals surface area (Å²) in [6, 6.07) is 1.66. The summed E-state index contributed by atoms with van der Waals surface area (Å²) in [5.41, 5.74) is 7.47. The molecule has 2 rings (SSSR count). The first-order chi connectivity index (χ1) is 8.08. The van der Waals surface area contributed by atoms with E-state index < -0.39 is 0 Å². The molecule has 0 aliphatic heterocycles. The fourth-order valence-electron chi connectivity index (χ4n) is 1.31. The summed E-state index contributed by atoms with van der Waals surface area (Å²) in [7, 11) is 0. The van der Waals surface area contributed by atoms with Crippen LogP contribution in [0.1, 0.15) is 16.1 Å². The lowest BCUT2D eigenvalue weighted by atomic mass is 10.2. The second-order valence-electron chi connectivity index (χ2n) is 3.48. The van der Waals surface area contributed by atoms with Gasteiger partial charge in [0.1, 0.15) is 10.8 Å². The van der Waals surface area contributed by atoms with E-state index >= 15 is 0 Å². The van der Waals surface area contributed by atoms with Crippen molar-refractivity contribution in [1.82, 2.24) is 15.2 Å². The Morgan fingerprint density at radius 3 is 2.88 bits per heavy atom. The van der Waals surface area contributed by atoms with Gasteiger partial charge in [0.2, 0.25) is 0 Å². The fourth-order valence-corrected chi connectivity index (χ4v) is 1.53. The van der Waals surface area contributed by atoms with Crippen LogP contribution in [-0.2, 0) is 0 Å². The Labute approximate surface area is 102 Å². The van der Waals surface area contributed by atoms with Crippen molar-refractivity contribution in [2.75, 3.05) is 11.1 Å². The molecule has 1 amide bonds. The van der Waals surface area contributed by atoms with Crippen LogP contribution in [0.15, 0.2) is 18.5 Å². The van der Waals surface area contributed by atoms with Crippen molar-refractivity contribution in [3.8, 4) is 0 Å². The molecule has 2 aromatic rings. The van der Waals surface area contributed by atoms with Gasteiger partial charge in [0.25, 0.3) is 5.91 Å². The summed E-state index contributed by atoms with van der Waals surface area (Å²) in [6.07, 6.45) is 2.87. The molecule has 7 heteroatoms. The first kappa shape index (κ1) is 11.4. The summed E-state index contributed by atoms with van der Waals surface area (Å²) >= 11 is 5.72. The van der Waals surface area contributed by atoms with E-state index in [0.717, 1.165) is 5.56 Å². The largest absolute Gasteiger partial charge is 0.396 e. The number of amides is 1. The number of nitrogens with one attached hydrogen (secondary N) is 2. The number of anilines is 2. The van der Waals surface area contributed by atoms with E-state index in [1.54, 1.807) is 6.07 Å². The van der Waals surface area contributed by atoms with E-state index in [0.29, 0.717) is 16.5 Å². The molecule has 0 fully saturated rings. The van der Waals surface area contributed by atoms with Gasteiger partial charge < -0.3 is 11.1 Å². The Morgan fingerprint density at radius 2 is 2.29 bits per heavy atom. The summed E-state index contributed by atoms with van der Waals surface area (Å²) in [4.78, 5) is 15.7. The lowest BCUT2D eigenvalue weighted by molar-refractivity contribution is 0.102. The zero-order chi connectivity index (χ0) is 12.4. The third-order valence-electron chi connectivity index (χ3n) is 2.22. The highest BCUT2D eigenvalue weighted by Crippen LogP contribution is 2.18. The number of rotatable bonds is 2. The molecule has 0 saturated carbocycles. The number of carbonyl (C=O) groups is 1. The number of H-pyrrole nitrogens is 1. The molecule has 6 nitrogen and oxygen atoms in total. The van der Waals surface area contributed by atoms with Crippen LogP contribution >= 0.6 is 11.6 Å². The number of hydrogen-bond donors (Lipinski definition) is 3. The molecular formula is C10H10ClN5O.